The summed E-state index contributed by atoms with van der Waals surface area (Å²) in [7, 11) is 1.60. The van der Waals surface area contributed by atoms with Gasteiger partial charge in [0.2, 0.25) is 0 Å². The number of methoxy groups -OCH3 is 1. The number of hydrogen-bond donors (Lipinski definition) is 0. The third kappa shape index (κ3) is 3.54. The Morgan fingerprint density at radius 3 is 2.48 bits per heavy atom. The van der Waals surface area contributed by atoms with Gasteiger partial charge in [-0.15, -0.1) is 0 Å². The van der Waals surface area contributed by atoms with E-state index in [0.29, 0.717) is 30.0 Å². The van der Waals surface area contributed by atoms with E-state index in [4.69, 9.17) is 4.74 Å². The van der Waals surface area contributed by atoms with Gasteiger partial charge in [-0.25, -0.2) is 0 Å². The molecule has 1 aromatic heterocycles. The normalized spacial score (nSPS) is 12.1. The predicted molar refractivity (Wildman–Crippen MR) is 103 cm³/mol. The Hall–Kier alpha value is -3.58. The molecule has 0 saturated carbocycles. The number of benzene rings is 2. The van der Waals surface area contributed by atoms with E-state index in [1.54, 1.807) is 37.7 Å². The summed E-state index contributed by atoms with van der Waals surface area (Å²) in [6.07, 6.45) is 3.41. The maximum atomic E-state index is 13.0. The fraction of sp³-hybridized carbons (Fsp3) is 0.130. The van der Waals surface area contributed by atoms with Gasteiger partial charge in [-0.2, -0.15) is 0 Å². The van der Waals surface area contributed by atoms with Gasteiger partial charge < -0.3 is 9.64 Å². The zero-order chi connectivity index (χ0) is 18.6. The third-order valence-electron chi connectivity index (χ3n) is 4.58. The Labute approximate surface area is 158 Å². The predicted octanol–water partition coefficient (Wildman–Crippen LogP) is 3.65. The minimum Gasteiger partial charge on any atom is -0.495 e. The summed E-state index contributed by atoms with van der Waals surface area (Å²) in [5.41, 5.74) is 4.51. The molecule has 3 aromatic rings. The highest BCUT2D eigenvalue weighted by molar-refractivity contribution is 5.95. The Balaban J connectivity index is 1.61. The van der Waals surface area contributed by atoms with Crippen LogP contribution in [0.1, 0.15) is 32.6 Å². The van der Waals surface area contributed by atoms with Gasteiger partial charge in [-0.05, 0) is 41.5 Å². The molecule has 1 aliphatic heterocycles. The number of carbonyl (C=O) groups excluding carboxylic acids is 1. The van der Waals surface area contributed by atoms with Gasteiger partial charge in [0.25, 0.3) is 5.91 Å². The summed E-state index contributed by atoms with van der Waals surface area (Å²) in [4.78, 5) is 18.9. The van der Waals surface area contributed by atoms with Gasteiger partial charge in [0.15, 0.2) is 0 Å². The molecule has 4 nitrogen and oxygen atoms in total. The van der Waals surface area contributed by atoms with Crippen molar-refractivity contribution in [3.8, 4) is 17.6 Å². The summed E-state index contributed by atoms with van der Waals surface area (Å²) in [5.74, 6) is 6.81. The zero-order valence-corrected chi connectivity index (χ0v) is 15.0. The van der Waals surface area contributed by atoms with E-state index in [1.807, 2.05) is 29.2 Å². The average molecular weight is 354 g/mol. The van der Waals surface area contributed by atoms with Crippen LogP contribution in [0.25, 0.3) is 0 Å². The van der Waals surface area contributed by atoms with E-state index in [2.05, 4.69) is 29.0 Å². The van der Waals surface area contributed by atoms with E-state index in [1.165, 1.54) is 11.1 Å². The molecule has 0 N–H and O–H groups in total. The average Bonchev–Trinajstić information content (AvgIpc) is 3.16. The summed E-state index contributed by atoms with van der Waals surface area (Å²) in [5, 5.41) is 0. The topological polar surface area (TPSA) is 42.4 Å². The number of aromatic nitrogens is 1. The summed E-state index contributed by atoms with van der Waals surface area (Å²) in [6.45, 7) is 1.27. The lowest BCUT2D eigenvalue weighted by atomic mass is 10.1. The van der Waals surface area contributed by atoms with Crippen LogP contribution in [-0.2, 0) is 13.1 Å². The molecule has 0 bridgehead atoms. The maximum absolute atomic E-state index is 13.0. The Morgan fingerprint density at radius 2 is 1.81 bits per heavy atom. The minimum absolute atomic E-state index is 0.00159. The summed E-state index contributed by atoms with van der Waals surface area (Å²) < 4.78 is 5.40. The molecule has 4 rings (SSSR count). The van der Waals surface area contributed by atoms with Gasteiger partial charge in [0, 0.05) is 36.6 Å². The molecule has 0 saturated heterocycles. The van der Waals surface area contributed by atoms with Crippen molar-refractivity contribution < 1.29 is 9.53 Å². The maximum Gasteiger partial charge on any atom is 0.254 e. The van der Waals surface area contributed by atoms with Crippen LogP contribution in [-0.4, -0.2) is 22.9 Å². The van der Waals surface area contributed by atoms with Gasteiger partial charge in [0.1, 0.15) is 5.75 Å². The van der Waals surface area contributed by atoms with Crippen molar-refractivity contribution in [1.82, 2.24) is 9.88 Å². The minimum atomic E-state index is -0.00159. The van der Waals surface area contributed by atoms with Crippen LogP contribution < -0.4 is 4.74 Å². The van der Waals surface area contributed by atoms with Gasteiger partial charge in [-0.3, -0.25) is 9.78 Å². The molecule has 0 unspecified atom stereocenters. The number of hydrogen-bond acceptors (Lipinski definition) is 3. The highest BCUT2D eigenvalue weighted by Gasteiger charge is 2.24. The zero-order valence-electron chi connectivity index (χ0n) is 15.0. The second-order valence-electron chi connectivity index (χ2n) is 6.34. The van der Waals surface area contributed by atoms with E-state index in [-0.39, 0.29) is 5.91 Å². The lowest BCUT2D eigenvalue weighted by Crippen LogP contribution is -2.25. The molecule has 1 aliphatic rings. The van der Waals surface area contributed by atoms with E-state index < -0.39 is 0 Å². The molecule has 4 heteroatoms. The van der Waals surface area contributed by atoms with Crippen LogP contribution in [0.5, 0.6) is 5.75 Å². The Bertz CT molecular complexity index is 1020. The number of fused-ring (bicyclic) bond motifs is 1. The highest BCUT2D eigenvalue weighted by Crippen LogP contribution is 2.26. The standard InChI is InChI=1S/C23H18N2O2/c1-27-22-11-10-19(13-18(22)9-8-17-5-4-12-24-14-17)23(26)25-15-20-6-2-3-7-21(20)16-25/h2-7,10-14H,15-16H2,1H3. The number of nitrogens with zero attached hydrogens (tertiary/aromatic N) is 2. The van der Waals surface area contributed by atoms with Crippen LogP contribution >= 0.6 is 0 Å². The number of carbonyl (C=O) groups is 1. The van der Waals surface area contributed by atoms with Crippen LogP contribution in [0.4, 0.5) is 0 Å². The van der Waals surface area contributed by atoms with Crippen molar-refractivity contribution in [2.75, 3.05) is 7.11 Å². The number of pyridine rings is 1. The SMILES string of the molecule is COc1ccc(C(=O)N2Cc3ccccc3C2)cc1C#Cc1cccnc1. The van der Waals surface area contributed by atoms with E-state index in [0.717, 1.165) is 5.56 Å². The van der Waals surface area contributed by atoms with E-state index in [9.17, 15) is 4.79 Å². The van der Waals surface area contributed by atoms with Crippen molar-refractivity contribution in [2.45, 2.75) is 13.1 Å². The molecular formula is C23H18N2O2. The molecule has 27 heavy (non-hydrogen) atoms. The first kappa shape index (κ1) is 16.9. The lowest BCUT2D eigenvalue weighted by molar-refractivity contribution is 0.0751. The Morgan fingerprint density at radius 1 is 1.04 bits per heavy atom. The van der Waals surface area contributed by atoms with Crippen LogP contribution in [0, 0.1) is 11.8 Å². The second-order valence-corrected chi connectivity index (χ2v) is 6.34. The first-order valence-electron chi connectivity index (χ1n) is 8.71. The van der Waals surface area contributed by atoms with Gasteiger partial charge in [-0.1, -0.05) is 36.1 Å². The van der Waals surface area contributed by atoms with Crippen molar-refractivity contribution in [3.05, 3.63) is 94.8 Å². The van der Waals surface area contributed by atoms with Crippen molar-refractivity contribution in [3.63, 3.8) is 0 Å². The van der Waals surface area contributed by atoms with Gasteiger partial charge in [0.05, 0.1) is 12.7 Å². The van der Waals surface area contributed by atoms with Crippen molar-refractivity contribution in [2.24, 2.45) is 0 Å². The monoisotopic (exact) mass is 354 g/mol. The first-order valence-corrected chi connectivity index (χ1v) is 8.71. The van der Waals surface area contributed by atoms with Crippen molar-refractivity contribution >= 4 is 5.91 Å². The van der Waals surface area contributed by atoms with Crippen molar-refractivity contribution in [1.29, 1.82) is 0 Å². The largest absolute Gasteiger partial charge is 0.495 e. The lowest BCUT2D eigenvalue weighted by Gasteiger charge is -2.16. The second kappa shape index (κ2) is 7.35. The van der Waals surface area contributed by atoms with E-state index >= 15 is 0 Å². The molecule has 2 aromatic carbocycles. The molecule has 0 atom stereocenters. The molecule has 132 valence electrons. The van der Waals surface area contributed by atoms with Crippen LogP contribution in [0.3, 0.4) is 0 Å². The number of ether oxygens (including phenoxy) is 1. The molecule has 2 heterocycles. The fourth-order valence-corrected chi connectivity index (χ4v) is 3.17. The highest BCUT2D eigenvalue weighted by atomic mass is 16.5. The Kier molecular flexibility index (Phi) is 4.59. The number of amides is 1. The van der Waals surface area contributed by atoms with Crippen LogP contribution in [0.15, 0.2) is 67.0 Å². The fourth-order valence-electron chi connectivity index (χ4n) is 3.17. The molecular weight excluding hydrogens is 336 g/mol. The summed E-state index contributed by atoms with van der Waals surface area (Å²) >= 11 is 0. The summed E-state index contributed by atoms with van der Waals surface area (Å²) in [6, 6.07) is 17.3. The number of rotatable bonds is 2. The third-order valence-corrected chi connectivity index (χ3v) is 4.58. The first-order chi connectivity index (χ1) is 13.2. The van der Waals surface area contributed by atoms with Gasteiger partial charge >= 0.3 is 0 Å². The molecule has 0 fully saturated rings. The molecule has 1 amide bonds. The van der Waals surface area contributed by atoms with Crippen LogP contribution in [0.2, 0.25) is 0 Å². The molecule has 0 radical (unpaired) electrons. The quantitative estimate of drug-likeness (QED) is 0.660. The smallest absolute Gasteiger partial charge is 0.254 e. The molecule has 0 aliphatic carbocycles. The molecule has 0 spiro atoms.